The Bertz CT molecular complexity index is 208. The van der Waals surface area contributed by atoms with E-state index in [0.717, 1.165) is 13.1 Å². The van der Waals surface area contributed by atoms with E-state index in [1.807, 2.05) is 11.8 Å². The van der Waals surface area contributed by atoms with Crippen molar-refractivity contribution < 1.29 is 0 Å². The topological polar surface area (TPSA) is 15.3 Å². The van der Waals surface area contributed by atoms with Crippen LogP contribution in [-0.4, -0.2) is 48.6 Å². The molecule has 0 bridgehead atoms. The van der Waals surface area contributed by atoms with Crippen LogP contribution in [0.5, 0.6) is 0 Å². The summed E-state index contributed by atoms with van der Waals surface area (Å²) in [5.74, 6) is 0. The van der Waals surface area contributed by atoms with Crippen LogP contribution in [-0.2, 0) is 0 Å². The van der Waals surface area contributed by atoms with Crippen molar-refractivity contribution in [3.63, 3.8) is 0 Å². The zero-order chi connectivity index (χ0) is 12.2. The molecule has 16 heavy (non-hydrogen) atoms. The summed E-state index contributed by atoms with van der Waals surface area (Å²) in [6, 6.07) is 0. The molecule has 1 heterocycles. The lowest BCUT2D eigenvalue weighted by Gasteiger charge is -2.39. The van der Waals surface area contributed by atoms with E-state index < -0.39 is 0 Å². The van der Waals surface area contributed by atoms with Crippen molar-refractivity contribution >= 4 is 11.8 Å². The van der Waals surface area contributed by atoms with Crippen LogP contribution in [0.1, 0.15) is 34.1 Å². The van der Waals surface area contributed by atoms with Crippen molar-refractivity contribution in [3.05, 3.63) is 0 Å². The first-order valence-electron chi connectivity index (χ1n) is 6.33. The van der Waals surface area contributed by atoms with Gasteiger partial charge in [0.05, 0.1) is 0 Å². The highest BCUT2D eigenvalue weighted by molar-refractivity contribution is 7.99. The van der Waals surface area contributed by atoms with Crippen molar-refractivity contribution in [2.75, 3.05) is 39.0 Å². The number of thioether (sulfide) groups is 1. The van der Waals surface area contributed by atoms with Gasteiger partial charge < -0.3 is 10.2 Å². The van der Waals surface area contributed by atoms with Crippen LogP contribution in [0.3, 0.4) is 0 Å². The Hall–Kier alpha value is 0.270. The maximum absolute atomic E-state index is 3.41. The lowest BCUT2D eigenvalue weighted by molar-refractivity contribution is 0.146. The number of nitrogens with zero attached hydrogens (tertiary/aromatic N) is 1. The Morgan fingerprint density at radius 1 is 1.12 bits per heavy atom. The highest BCUT2D eigenvalue weighted by atomic mass is 32.2. The average Bonchev–Trinajstić information content (AvgIpc) is 2.17. The Labute approximate surface area is 106 Å². The van der Waals surface area contributed by atoms with E-state index in [1.165, 1.54) is 26.1 Å². The Kier molecular flexibility index (Phi) is 5.14. The van der Waals surface area contributed by atoms with Crippen molar-refractivity contribution in [1.82, 2.24) is 10.2 Å². The first-order chi connectivity index (χ1) is 7.35. The quantitative estimate of drug-likeness (QED) is 0.800. The van der Waals surface area contributed by atoms with Crippen molar-refractivity contribution in [2.45, 2.75) is 38.9 Å². The predicted molar refractivity (Wildman–Crippen MR) is 75.3 cm³/mol. The van der Waals surface area contributed by atoms with Gasteiger partial charge in [-0.25, -0.2) is 0 Å². The SMILES string of the molecule is CSC(C)(C)CC(C)(C)CN1CCNCC1. The lowest BCUT2D eigenvalue weighted by atomic mass is 9.83. The standard InChI is InChI=1S/C13H28N2S/c1-12(2,10-13(3,4)16-5)11-15-8-6-14-7-9-15/h14H,6-11H2,1-5H3. The molecule has 0 aromatic heterocycles. The van der Waals surface area contributed by atoms with E-state index in [-0.39, 0.29) is 0 Å². The molecule has 0 spiro atoms. The maximum atomic E-state index is 3.41. The van der Waals surface area contributed by atoms with Crippen molar-refractivity contribution in [3.8, 4) is 0 Å². The van der Waals surface area contributed by atoms with Crippen molar-refractivity contribution in [1.29, 1.82) is 0 Å². The molecule has 1 N–H and O–H groups in total. The number of rotatable bonds is 5. The molecule has 2 nitrogen and oxygen atoms in total. The van der Waals surface area contributed by atoms with Crippen LogP contribution >= 0.6 is 11.8 Å². The summed E-state index contributed by atoms with van der Waals surface area (Å²) in [5.41, 5.74) is 0.420. The maximum Gasteiger partial charge on any atom is 0.0108 e. The summed E-state index contributed by atoms with van der Waals surface area (Å²) >= 11 is 1.99. The summed E-state index contributed by atoms with van der Waals surface area (Å²) in [4.78, 5) is 2.60. The van der Waals surface area contributed by atoms with Gasteiger partial charge in [-0.2, -0.15) is 11.8 Å². The number of hydrogen-bond acceptors (Lipinski definition) is 3. The summed E-state index contributed by atoms with van der Waals surface area (Å²) < 4.78 is 0.400. The van der Waals surface area contributed by atoms with Crippen LogP contribution in [0.25, 0.3) is 0 Å². The molecule has 0 aromatic rings. The van der Waals surface area contributed by atoms with E-state index in [9.17, 15) is 0 Å². The minimum atomic E-state index is 0.400. The van der Waals surface area contributed by atoms with Gasteiger partial charge in [0, 0.05) is 37.5 Å². The molecule has 0 radical (unpaired) electrons. The van der Waals surface area contributed by atoms with Gasteiger partial charge in [0.25, 0.3) is 0 Å². The predicted octanol–water partition coefficient (Wildman–Crippen LogP) is 2.45. The molecule has 0 aliphatic carbocycles. The van der Waals surface area contributed by atoms with Crippen LogP contribution in [0, 0.1) is 5.41 Å². The molecule has 3 heteroatoms. The monoisotopic (exact) mass is 244 g/mol. The van der Waals surface area contributed by atoms with E-state index in [4.69, 9.17) is 0 Å². The Morgan fingerprint density at radius 2 is 1.69 bits per heavy atom. The second-order valence-electron chi connectivity index (χ2n) is 6.33. The van der Waals surface area contributed by atoms with E-state index in [1.54, 1.807) is 0 Å². The van der Waals surface area contributed by atoms with Gasteiger partial charge in [0.15, 0.2) is 0 Å². The minimum Gasteiger partial charge on any atom is -0.314 e. The van der Waals surface area contributed by atoms with Crippen LogP contribution in [0.4, 0.5) is 0 Å². The molecule has 1 fully saturated rings. The molecular weight excluding hydrogens is 216 g/mol. The summed E-state index contributed by atoms with van der Waals surface area (Å²) in [7, 11) is 0. The fourth-order valence-electron chi connectivity index (χ4n) is 2.76. The van der Waals surface area contributed by atoms with Gasteiger partial charge in [0.1, 0.15) is 0 Å². The second-order valence-corrected chi connectivity index (χ2v) is 7.84. The smallest absolute Gasteiger partial charge is 0.0108 e. The van der Waals surface area contributed by atoms with Gasteiger partial charge in [-0.05, 0) is 18.1 Å². The summed E-state index contributed by atoms with van der Waals surface area (Å²) in [6.07, 6.45) is 3.51. The third kappa shape index (κ3) is 5.07. The largest absolute Gasteiger partial charge is 0.314 e. The highest BCUT2D eigenvalue weighted by Gasteiger charge is 2.30. The van der Waals surface area contributed by atoms with E-state index >= 15 is 0 Å². The molecule has 1 saturated heterocycles. The van der Waals surface area contributed by atoms with Gasteiger partial charge in [0.2, 0.25) is 0 Å². The fourth-order valence-corrected chi connectivity index (χ4v) is 3.29. The van der Waals surface area contributed by atoms with Crippen molar-refractivity contribution in [2.24, 2.45) is 5.41 Å². The molecule has 0 amide bonds. The lowest BCUT2D eigenvalue weighted by Crippen LogP contribution is -2.47. The highest BCUT2D eigenvalue weighted by Crippen LogP contribution is 2.36. The van der Waals surface area contributed by atoms with Gasteiger partial charge in [-0.15, -0.1) is 0 Å². The average molecular weight is 244 g/mol. The molecular formula is C13H28N2S. The van der Waals surface area contributed by atoms with E-state index in [0.29, 0.717) is 10.2 Å². The zero-order valence-electron chi connectivity index (χ0n) is 11.6. The molecule has 0 aromatic carbocycles. The molecule has 0 saturated carbocycles. The van der Waals surface area contributed by atoms with E-state index in [2.05, 4.69) is 44.2 Å². The summed E-state index contributed by atoms with van der Waals surface area (Å²) in [5, 5.41) is 3.41. The Balaban J connectivity index is 2.43. The van der Waals surface area contributed by atoms with Gasteiger partial charge in [-0.1, -0.05) is 27.7 Å². The minimum absolute atomic E-state index is 0.400. The van der Waals surface area contributed by atoms with Gasteiger partial charge in [-0.3, -0.25) is 0 Å². The second kappa shape index (κ2) is 5.74. The molecule has 1 aliphatic heterocycles. The number of piperazine rings is 1. The number of nitrogens with one attached hydrogen (secondary N) is 1. The Morgan fingerprint density at radius 3 is 2.19 bits per heavy atom. The van der Waals surface area contributed by atoms with Crippen LogP contribution in [0.15, 0.2) is 0 Å². The third-order valence-corrected chi connectivity index (χ3v) is 4.57. The molecule has 1 aliphatic rings. The van der Waals surface area contributed by atoms with Crippen LogP contribution in [0.2, 0.25) is 0 Å². The fraction of sp³-hybridized carbons (Fsp3) is 1.00. The molecule has 96 valence electrons. The summed E-state index contributed by atoms with van der Waals surface area (Å²) in [6.45, 7) is 15.5. The van der Waals surface area contributed by atoms with Crippen LogP contribution < -0.4 is 5.32 Å². The third-order valence-electron chi connectivity index (χ3n) is 3.32. The first kappa shape index (κ1) is 14.3. The van der Waals surface area contributed by atoms with Gasteiger partial charge >= 0.3 is 0 Å². The zero-order valence-corrected chi connectivity index (χ0v) is 12.4. The normalized spacial score (nSPS) is 20.1. The molecule has 1 rings (SSSR count). The molecule has 0 unspecified atom stereocenters. The molecule has 0 atom stereocenters. The first-order valence-corrected chi connectivity index (χ1v) is 7.55. The number of hydrogen-bond donors (Lipinski definition) is 1.